The summed E-state index contributed by atoms with van der Waals surface area (Å²) in [6, 6.07) is 15.9. The molecule has 2 atom stereocenters. The molecule has 0 spiro atoms. The molecule has 4 aromatic rings. The maximum Gasteiger partial charge on any atom is 0.416 e. The van der Waals surface area contributed by atoms with Crippen molar-refractivity contribution < 1.29 is 41.8 Å². The molecule has 248 valence electrons. The van der Waals surface area contributed by atoms with Crippen molar-refractivity contribution in [2.45, 2.75) is 70.7 Å². The molecular weight excluding hydrogens is 613 g/mol. The topological polar surface area (TPSA) is 107 Å². The number of carbonyl (C=O) groups is 3. The number of fused-ring (bicyclic) bond motifs is 1. The number of nitrogens with one attached hydrogen (secondary N) is 2. The summed E-state index contributed by atoms with van der Waals surface area (Å²) in [5, 5.41) is 3.25. The number of carbonyl (C=O) groups excluding carboxylic acids is 3. The van der Waals surface area contributed by atoms with Crippen molar-refractivity contribution in [3.63, 3.8) is 0 Å². The lowest BCUT2D eigenvalue weighted by Gasteiger charge is -2.28. The highest BCUT2D eigenvalue weighted by Crippen LogP contribution is 2.40. The van der Waals surface area contributed by atoms with Crippen LogP contribution in [0.1, 0.15) is 79.6 Å². The van der Waals surface area contributed by atoms with Gasteiger partial charge in [0.25, 0.3) is 0 Å². The Hall–Kier alpha value is -4.80. The predicted molar refractivity (Wildman–Crippen MR) is 170 cm³/mol. The van der Waals surface area contributed by atoms with E-state index in [0.29, 0.717) is 38.9 Å². The van der Waals surface area contributed by atoms with E-state index in [-0.39, 0.29) is 25.0 Å². The average molecular weight is 651 g/mol. The van der Waals surface area contributed by atoms with Crippen LogP contribution in [0, 0.1) is 0 Å². The average Bonchev–Trinajstić information content (AvgIpc) is 3.69. The van der Waals surface area contributed by atoms with E-state index in [0.717, 1.165) is 37.8 Å². The Kier molecular flexibility index (Phi) is 10.2. The monoisotopic (exact) mass is 650 g/mol. The van der Waals surface area contributed by atoms with E-state index in [9.17, 15) is 27.6 Å². The number of hydrogen-bond acceptors (Lipinski definition) is 6. The molecule has 5 rings (SSSR count). The number of aromatic amines is 1. The van der Waals surface area contributed by atoms with Crippen LogP contribution in [0.25, 0.3) is 22.0 Å². The Morgan fingerprint density at radius 2 is 1.53 bits per heavy atom. The van der Waals surface area contributed by atoms with E-state index in [1.807, 2.05) is 0 Å². The molecule has 8 nitrogen and oxygen atoms in total. The summed E-state index contributed by atoms with van der Waals surface area (Å²) in [4.78, 5) is 42.7. The standard InChI is InChI=1S/C36H37F3N2O6/c1-4-45-34(43)32(40-21(3)42)30(23-12-17-27(18-13-23)47-26-8-6-7-9-26)31-28-20-24(22-10-15-25(16-11-22)36(37,38)39)14-19-29(28)41-33(31)35(44)46-5-2/h10-20,26,30,32,41H,4-9H2,1-3H3,(H,40,42). The molecule has 1 aliphatic rings. The number of esters is 2. The summed E-state index contributed by atoms with van der Waals surface area (Å²) in [5.41, 5.74) is 1.86. The molecule has 2 unspecified atom stereocenters. The third kappa shape index (κ3) is 7.61. The second-order valence-electron chi connectivity index (χ2n) is 11.5. The van der Waals surface area contributed by atoms with Gasteiger partial charge in [0.1, 0.15) is 17.5 Å². The van der Waals surface area contributed by atoms with Crippen LogP contribution in [0.15, 0.2) is 66.7 Å². The smallest absolute Gasteiger partial charge is 0.416 e. The summed E-state index contributed by atoms with van der Waals surface area (Å²) >= 11 is 0. The molecule has 2 N–H and O–H groups in total. The summed E-state index contributed by atoms with van der Waals surface area (Å²) < 4.78 is 56.8. The fraction of sp³-hybridized carbons (Fsp3) is 0.361. The fourth-order valence-corrected chi connectivity index (χ4v) is 6.14. The molecule has 1 fully saturated rings. The number of alkyl halides is 3. The highest BCUT2D eigenvalue weighted by atomic mass is 19.4. The number of halogens is 3. The Balaban J connectivity index is 1.71. The Labute approximate surface area is 270 Å². The van der Waals surface area contributed by atoms with Crippen LogP contribution in [0.3, 0.4) is 0 Å². The minimum absolute atomic E-state index is 0.0481. The molecule has 0 radical (unpaired) electrons. The SMILES string of the molecule is CCOC(=O)c1[nH]c2ccc(-c3ccc(C(F)(F)F)cc3)cc2c1C(c1ccc(OC2CCCC2)cc1)C(NC(C)=O)C(=O)OCC. The quantitative estimate of drug-likeness (QED) is 0.162. The molecule has 1 aliphatic carbocycles. The van der Waals surface area contributed by atoms with Crippen molar-refractivity contribution >= 4 is 28.7 Å². The summed E-state index contributed by atoms with van der Waals surface area (Å²) in [6.45, 7) is 4.73. The first kappa shape index (κ1) is 33.6. The van der Waals surface area contributed by atoms with Gasteiger partial charge in [-0.2, -0.15) is 13.2 Å². The molecule has 1 amide bonds. The molecule has 1 heterocycles. The van der Waals surface area contributed by atoms with Crippen LogP contribution in [0.5, 0.6) is 5.75 Å². The molecule has 47 heavy (non-hydrogen) atoms. The third-order valence-electron chi connectivity index (χ3n) is 8.25. The van der Waals surface area contributed by atoms with E-state index in [1.54, 1.807) is 56.3 Å². The van der Waals surface area contributed by atoms with E-state index in [1.165, 1.54) is 19.1 Å². The fourth-order valence-electron chi connectivity index (χ4n) is 6.14. The van der Waals surface area contributed by atoms with Gasteiger partial charge in [0.2, 0.25) is 5.91 Å². The maximum atomic E-state index is 13.6. The normalized spacial score (nSPS) is 14.9. The first-order valence-electron chi connectivity index (χ1n) is 15.7. The predicted octanol–water partition coefficient (Wildman–Crippen LogP) is 7.55. The van der Waals surface area contributed by atoms with Gasteiger partial charge in [0.05, 0.1) is 24.9 Å². The lowest BCUT2D eigenvalue weighted by Crippen LogP contribution is -2.45. The van der Waals surface area contributed by atoms with Crippen LogP contribution in [0.4, 0.5) is 13.2 Å². The van der Waals surface area contributed by atoms with E-state index >= 15 is 0 Å². The van der Waals surface area contributed by atoms with Crippen molar-refractivity contribution in [2.75, 3.05) is 13.2 Å². The van der Waals surface area contributed by atoms with Crippen LogP contribution < -0.4 is 10.1 Å². The Morgan fingerprint density at radius 3 is 2.13 bits per heavy atom. The number of H-pyrrole nitrogens is 1. The van der Waals surface area contributed by atoms with Crippen LogP contribution in [0.2, 0.25) is 0 Å². The number of amides is 1. The van der Waals surface area contributed by atoms with Gasteiger partial charge < -0.3 is 24.5 Å². The minimum atomic E-state index is -4.48. The first-order chi connectivity index (χ1) is 22.5. The maximum absolute atomic E-state index is 13.6. The molecule has 0 bridgehead atoms. The van der Waals surface area contributed by atoms with Gasteiger partial charge >= 0.3 is 18.1 Å². The molecule has 11 heteroatoms. The molecule has 0 saturated heterocycles. The second kappa shape index (κ2) is 14.3. The summed E-state index contributed by atoms with van der Waals surface area (Å²) in [6.07, 6.45) is -0.213. The third-order valence-corrected chi connectivity index (χ3v) is 8.25. The van der Waals surface area contributed by atoms with Crippen LogP contribution in [-0.2, 0) is 25.2 Å². The van der Waals surface area contributed by atoms with Crippen molar-refractivity contribution in [1.29, 1.82) is 0 Å². The molecule has 3 aromatic carbocycles. The molecule has 1 aromatic heterocycles. The molecular formula is C36H37F3N2O6. The lowest BCUT2D eigenvalue weighted by atomic mass is 9.82. The number of rotatable bonds is 11. The number of hydrogen-bond donors (Lipinski definition) is 2. The van der Waals surface area contributed by atoms with Gasteiger partial charge in [-0.3, -0.25) is 4.79 Å². The largest absolute Gasteiger partial charge is 0.490 e. The lowest BCUT2D eigenvalue weighted by molar-refractivity contribution is -0.147. The minimum Gasteiger partial charge on any atom is -0.490 e. The number of ether oxygens (including phenoxy) is 3. The van der Waals surface area contributed by atoms with Crippen molar-refractivity contribution in [3.05, 3.63) is 89.1 Å². The van der Waals surface area contributed by atoms with Gasteiger partial charge in [0, 0.05) is 29.3 Å². The summed E-state index contributed by atoms with van der Waals surface area (Å²) in [5.74, 6) is -2.17. The highest BCUT2D eigenvalue weighted by Gasteiger charge is 2.38. The number of aromatic nitrogens is 1. The Bertz CT molecular complexity index is 1720. The zero-order valence-electron chi connectivity index (χ0n) is 26.4. The van der Waals surface area contributed by atoms with E-state index in [4.69, 9.17) is 14.2 Å². The van der Waals surface area contributed by atoms with Crippen LogP contribution >= 0.6 is 0 Å². The van der Waals surface area contributed by atoms with Gasteiger partial charge in [-0.15, -0.1) is 0 Å². The summed E-state index contributed by atoms with van der Waals surface area (Å²) in [7, 11) is 0. The zero-order valence-corrected chi connectivity index (χ0v) is 26.4. The molecule has 1 saturated carbocycles. The van der Waals surface area contributed by atoms with E-state index in [2.05, 4.69) is 10.3 Å². The van der Waals surface area contributed by atoms with E-state index < -0.39 is 41.5 Å². The van der Waals surface area contributed by atoms with Crippen molar-refractivity contribution in [3.8, 4) is 16.9 Å². The molecule has 0 aliphatic heterocycles. The Morgan fingerprint density at radius 1 is 0.894 bits per heavy atom. The van der Waals surface area contributed by atoms with Gasteiger partial charge in [-0.25, -0.2) is 9.59 Å². The second-order valence-corrected chi connectivity index (χ2v) is 11.5. The van der Waals surface area contributed by atoms with Gasteiger partial charge in [-0.05, 0) is 92.6 Å². The number of benzene rings is 3. The van der Waals surface area contributed by atoms with Crippen molar-refractivity contribution in [1.82, 2.24) is 10.3 Å². The first-order valence-corrected chi connectivity index (χ1v) is 15.7. The van der Waals surface area contributed by atoms with Gasteiger partial charge in [-0.1, -0.05) is 30.3 Å². The van der Waals surface area contributed by atoms with Crippen molar-refractivity contribution in [2.24, 2.45) is 0 Å². The van der Waals surface area contributed by atoms with Gasteiger partial charge in [0.15, 0.2) is 0 Å². The highest BCUT2D eigenvalue weighted by molar-refractivity contribution is 6.01. The zero-order chi connectivity index (χ0) is 33.7. The van der Waals surface area contributed by atoms with Crippen LogP contribution in [-0.4, -0.2) is 48.2 Å².